The summed E-state index contributed by atoms with van der Waals surface area (Å²) in [6.45, 7) is 0.820. The normalized spacial score (nSPS) is 11.9. The number of hydrogen-bond donors (Lipinski definition) is 1. The summed E-state index contributed by atoms with van der Waals surface area (Å²) >= 11 is 0. The van der Waals surface area contributed by atoms with E-state index in [-0.39, 0.29) is 11.9 Å². The van der Waals surface area contributed by atoms with Crippen LogP contribution < -0.4 is 5.32 Å². The number of benzene rings is 2. The first-order chi connectivity index (χ1) is 12.2. The lowest BCUT2D eigenvalue weighted by atomic mass is 10.0. The summed E-state index contributed by atoms with van der Waals surface area (Å²) in [7, 11) is 3.77. The molecule has 0 aromatic heterocycles. The standard InChI is InChI=1S/C22H30N2O/c1-23-21(18-20-15-8-4-9-16-20)22(25)24(2)17-11-5-10-14-19-12-6-3-7-13-19/h3-4,6-9,12-13,15-16,21,23H,5,10-11,14,17-18H2,1-2H3/t21-/m0/s1. The molecule has 0 aliphatic rings. The minimum Gasteiger partial charge on any atom is -0.344 e. The molecule has 0 aliphatic heterocycles. The van der Waals surface area contributed by atoms with Crippen molar-refractivity contribution < 1.29 is 4.79 Å². The zero-order valence-electron chi connectivity index (χ0n) is 15.4. The Balaban J connectivity index is 1.69. The summed E-state index contributed by atoms with van der Waals surface area (Å²) in [6, 6.07) is 20.6. The van der Waals surface area contributed by atoms with Crippen molar-refractivity contribution >= 4 is 5.91 Å². The van der Waals surface area contributed by atoms with Gasteiger partial charge in [0.05, 0.1) is 6.04 Å². The van der Waals surface area contributed by atoms with Crippen molar-refractivity contribution in [1.82, 2.24) is 10.2 Å². The Morgan fingerprint density at radius 3 is 2.12 bits per heavy atom. The Morgan fingerprint density at radius 2 is 1.52 bits per heavy atom. The zero-order chi connectivity index (χ0) is 17.9. The zero-order valence-corrected chi connectivity index (χ0v) is 15.4. The van der Waals surface area contributed by atoms with Gasteiger partial charge < -0.3 is 10.2 Å². The van der Waals surface area contributed by atoms with Gasteiger partial charge in [-0.2, -0.15) is 0 Å². The van der Waals surface area contributed by atoms with Crippen LogP contribution in [0.4, 0.5) is 0 Å². The van der Waals surface area contributed by atoms with E-state index in [4.69, 9.17) is 0 Å². The van der Waals surface area contributed by atoms with Crippen LogP contribution in [0.3, 0.4) is 0 Å². The highest BCUT2D eigenvalue weighted by molar-refractivity contribution is 5.82. The van der Waals surface area contributed by atoms with E-state index >= 15 is 0 Å². The van der Waals surface area contributed by atoms with Gasteiger partial charge in [-0.25, -0.2) is 0 Å². The van der Waals surface area contributed by atoms with E-state index < -0.39 is 0 Å². The Hall–Kier alpha value is -2.13. The van der Waals surface area contributed by atoms with Crippen LogP contribution in [-0.2, 0) is 17.6 Å². The smallest absolute Gasteiger partial charge is 0.239 e. The largest absolute Gasteiger partial charge is 0.344 e. The number of rotatable bonds is 10. The van der Waals surface area contributed by atoms with Crippen LogP contribution in [0.1, 0.15) is 30.4 Å². The molecule has 0 heterocycles. The number of carbonyl (C=O) groups excluding carboxylic acids is 1. The second-order valence-corrected chi connectivity index (χ2v) is 6.59. The van der Waals surface area contributed by atoms with Gasteiger partial charge in [0.25, 0.3) is 0 Å². The lowest BCUT2D eigenvalue weighted by molar-refractivity contribution is -0.132. The molecule has 0 unspecified atom stereocenters. The van der Waals surface area contributed by atoms with Gasteiger partial charge in [-0.1, -0.05) is 67.1 Å². The predicted octanol–water partition coefficient (Wildman–Crippen LogP) is 3.69. The molecule has 0 bridgehead atoms. The number of amides is 1. The third kappa shape index (κ3) is 6.71. The number of likely N-dealkylation sites (N-methyl/N-ethyl adjacent to an activating group) is 2. The highest BCUT2D eigenvalue weighted by Gasteiger charge is 2.20. The predicted molar refractivity (Wildman–Crippen MR) is 105 cm³/mol. The van der Waals surface area contributed by atoms with Gasteiger partial charge in [0.1, 0.15) is 0 Å². The van der Waals surface area contributed by atoms with E-state index in [0.29, 0.717) is 0 Å². The molecule has 1 amide bonds. The summed E-state index contributed by atoms with van der Waals surface area (Å²) < 4.78 is 0. The second-order valence-electron chi connectivity index (χ2n) is 6.59. The summed E-state index contributed by atoms with van der Waals surface area (Å²) in [6.07, 6.45) is 5.22. The molecule has 134 valence electrons. The molecule has 2 aromatic rings. The fraction of sp³-hybridized carbons (Fsp3) is 0.409. The summed E-state index contributed by atoms with van der Waals surface area (Å²) in [5.41, 5.74) is 2.58. The van der Waals surface area contributed by atoms with Gasteiger partial charge in [0, 0.05) is 13.6 Å². The minimum absolute atomic E-state index is 0.156. The fourth-order valence-corrected chi connectivity index (χ4v) is 3.04. The second kappa shape index (κ2) is 10.7. The Morgan fingerprint density at radius 1 is 0.920 bits per heavy atom. The number of nitrogens with zero attached hydrogens (tertiary/aromatic N) is 1. The van der Waals surface area contributed by atoms with Crippen molar-refractivity contribution in [3.8, 4) is 0 Å². The molecule has 0 spiro atoms. The van der Waals surface area contributed by atoms with Gasteiger partial charge in [0.15, 0.2) is 0 Å². The molecular formula is C22H30N2O. The van der Waals surface area contributed by atoms with Gasteiger partial charge >= 0.3 is 0 Å². The Kier molecular flexibility index (Phi) is 8.20. The number of hydrogen-bond acceptors (Lipinski definition) is 2. The van der Waals surface area contributed by atoms with Crippen LogP contribution in [0.25, 0.3) is 0 Å². The lowest BCUT2D eigenvalue weighted by Crippen LogP contribution is -2.45. The van der Waals surface area contributed by atoms with Gasteiger partial charge in [-0.05, 0) is 43.9 Å². The third-order valence-corrected chi connectivity index (χ3v) is 4.61. The van der Waals surface area contributed by atoms with E-state index in [0.717, 1.165) is 32.2 Å². The van der Waals surface area contributed by atoms with Gasteiger partial charge in [0.2, 0.25) is 5.91 Å². The van der Waals surface area contributed by atoms with Crippen molar-refractivity contribution in [3.05, 3.63) is 71.8 Å². The maximum absolute atomic E-state index is 12.6. The summed E-state index contributed by atoms with van der Waals surface area (Å²) in [5, 5.41) is 3.16. The van der Waals surface area contributed by atoms with Crippen LogP contribution in [-0.4, -0.2) is 37.5 Å². The summed E-state index contributed by atoms with van der Waals surface area (Å²) in [4.78, 5) is 14.5. The number of nitrogens with one attached hydrogen (secondary N) is 1. The fourth-order valence-electron chi connectivity index (χ4n) is 3.04. The maximum atomic E-state index is 12.6. The average molecular weight is 338 g/mol. The van der Waals surface area contributed by atoms with Crippen molar-refractivity contribution in [2.45, 2.75) is 38.1 Å². The molecule has 1 N–H and O–H groups in total. The summed E-state index contributed by atoms with van der Waals surface area (Å²) in [5.74, 6) is 0.175. The molecule has 0 aliphatic carbocycles. The molecule has 3 nitrogen and oxygen atoms in total. The molecule has 2 rings (SSSR count). The molecule has 0 fully saturated rings. The van der Waals surface area contributed by atoms with E-state index in [9.17, 15) is 4.79 Å². The molecule has 1 atom stereocenters. The SMILES string of the molecule is CN[C@@H](Cc1ccccc1)C(=O)N(C)CCCCCc1ccccc1. The third-order valence-electron chi connectivity index (χ3n) is 4.61. The monoisotopic (exact) mass is 338 g/mol. The van der Waals surface area contributed by atoms with Crippen molar-refractivity contribution in [1.29, 1.82) is 0 Å². The van der Waals surface area contributed by atoms with Gasteiger partial charge in [-0.15, -0.1) is 0 Å². The van der Waals surface area contributed by atoms with Gasteiger partial charge in [-0.3, -0.25) is 4.79 Å². The van der Waals surface area contributed by atoms with Crippen molar-refractivity contribution in [2.24, 2.45) is 0 Å². The van der Waals surface area contributed by atoms with Crippen LogP contribution in [0.15, 0.2) is 60.7 Å². The first-order valence-electron chi connectivity index (χ1n) is 9.21. The van der Waals surface area contributed by atoms with E-state index in [1.54, 1.807) is 0 Å². The molecule has 0 radical (unpaired) electrons. The highest BCUT2D eigenvalue weighted by atomic mass is 16.2. The van der Waals surface area contributed by atoms with Crippen LogP contribution >= 0.6 is 0 Å². The maximum Gasteiger partial charge on any atom is 0.239 e. The highest BCUT2D eigenvalue weighted by Crippen LogP contribution is 2.08. The molecular weight excluding hydrogens is 308 g/mol. The topological polar surface area (TPSA) is 32.3 Å². The minimum atomic E-state index is -0.156. The first kappa shape index (κ1) is 19.2. The van der Waals surface area contributed by atoms with Crippen LogP contribution in [0.2, 0.25) is 0 Å². The van der Waals surface area contributed by atoms with E-state index in [1.807, 2.05) is 37.2 Å². The quantitative estimate of drug-likeness (QED) is 0.670. The van der Waals surface area contributed by atoms with E-state index in [1.165, 1.54) is 17.5 Å². The van der Waals surface area contributed by atoms with Crippen molar-refractivity contribution in [3.63, 3.8) is 0 Å². The van der Waals surface area contributed by atoms with Crippen LogP contribution in [0.5, 0.6) is 0 Å². The molecule has 0 saturated heterocycles. The number of carbonyl (C=O) groups is 1. The number of unbranched alkanes of at least 4 members (excludes halogenated alkanes) is 2. The van der Waals surface area contributed by atoms with Crippen molar-refractivity contribution in [2.75, 3.05) is 20.6 Å². The molecule has 3 heteroatoms. The molecule has 0 saturated carbocycles. The Labute approximate surface area is 152 Å². The van der Waals surface area contributed by atoms with Crippen LogP contribution in [0, 0.1) is 0 Å². The Bertz CT molecular complexity index is 612. The molecule has 2 aromatic carbocycles. The van der Waals surface area contributed by atoms with E-state index in [2.05, 4.69) is 47.8 Å². The lowest BCUT2D eigenvalue weighted by Gasteiger charge is -2.23. The number of aryl methyl sites for hydroxylation is 1. The molecule has 25 heavy (non-hydrogen) atoms. The first-order valence-corrected chi connectivity index (χ1v) is 9.21. The average Bonchev–Trinajstić information content (AvgIpc) is 2.66.